The first-order chi connectivity index (χ1) is 9.80. The summed E-state index contributed by atoms with van der Waals surface area (Å²) in [5.41, 5.74) is 5.27. The van der Waals surface area contributed by atoms with Gasteiger partial charge < -0.3 is 10.6 Å². The summed E-state index contributed by atoms with van der Waals surface area (Å²) in [5.74, 6) is -1.32. The van der Waals surface area contributed by atoms with Crippen molar-refractivity contribution in [2.45, 2.75) is 58.5 Å². The largest absolute Gasteiger partial charge is 0.391 e. The van der Waals surface area contributed by atoms with E-state index in [1.54, 1.807) is 4.90 Å². The van der Waals surface area contributed by atoms with E-state index in [1.165, 1.54) is 0 Å². The highest BCUT2D eigenvalue weighted by atomic mass is 19.4. The molecule has 0 aliphatic carbocycles. The van der Waals surface area contributed by atoms with Crippen LogP contribution in [0.2, 0.25) is 0 Å². The fourth-order valence-electron chi connectivity index (χ4n) is 3.33. The fraction of sp³-hybridized carbons (Fsp3) is 0.933. The van der Waals surface area contributed by atoms with E-state index in [0.29, 0.717) is 12.8 Å². The first-order valence-corrected chi connectivity index (χ1v) is 7.87. The molecule has 0 spiro atoms. The van der Waals surface area contributed by atoms with Crippen LogP contribution in [0.4, 0.5) is 13.2 Å². The van der Waals surface area contributed by atoms with Gasteiger partial charge in [-0.1, -0.05) is 26.7 Å². The van der Waals surface area contributed by atoms with Crippen LogP contribution in [0.25, 0.3) is 0 Å². The summed E-state index contributed by atoms with van der Waals surface area (Å²) in [6.45, 7) is 4.66. The molecule has 0 aromatic heterocycles. The van der Waals surface area contributed by atoms with Gasteiger partial charge in [-0.15, -0.1) is 0 Å². The van der Waals surface area contributed by atoms with Crippen LogP contribution in [0.15, 0.2) is 0 Å². The number of amides is 1. The van der Waals surface area contributed by atoms with Crippen LogP contribution in [-0.4, -0.2) is 36.6 Å². The summed E-state index contributed by atoms with van der Waals surface area (Å²) in [6, 6.07) is 0. The van der Waals surface area contributed by atoms with E-state index in [0.717, 1.165) is 12.8 Å². The topological polar surface area (TPSA) is 46.3 Å². The van der Waals surface area contributed by atoms with Gasteiger partial charge in [-0.2, -0.15) is 13.2 Å². The third-order valence-corrected chi connectivity index (χ3v) is 4.55. The van der Waals surface area contributed by atoms with E-state index in [-0.39, 0.29) is 38.4 Å². The van der Waals surface area contributed by atoms with Crippen molar-refractivity contribution in [1.82, 2.24) is 4.90 Å². The maximum atomic E-state index is 12.8. The molecular formula is C15H27F3N2O. The molecule has 0 aromatic carbocycles. The smallest absolute Gasteiger partial charge is 0.342 e. The maximum absolute atomic E-state index is 12.8. The molecule has 0 unspecified atom stereocenters. The Balaban J connectivity index is 2.74. The summed E-state index contributed by atoms with van der Waals surface area (Å²) in [5, 5.41) is 0. The Morgan fingerprint density at radius 3 is 1.95 bits per heavy atom. The van der Waals surface area contributed by atoms with E-state index in [1.807, 2.05) is 13.8 Å². The molecule has 1 fully saturated rings. The molecule has 21 heavy (non-hydrogen) atoms. The minimum absolute atomic E-state index is 0.00808. The Morgan fingerprint density at radius 2 is 1.62 bits per heavy atom. The second kappa shape index (κ2) is 7.47. The molecule has 0 saturated carbocycles. The third-order valence-electron chi connectivity index (χ3n) is 4.55. The van der Waals surface area contributed by atoms with Crippen molar-refractivity contribution in [3.05, 3.63) is 0 Å². The first-order valence-electron chi connectivity index (χ1n) is 7.87. The van der Waals surface area contributed by atoms with Gasteiger partial charge in [0.05, 0.1) is 11.3 Å². The summed E-state index contributed by atoms with van der Waals surface area (Å²) in [4.78, 5) is 14.3. The van der Waals surface area contributed by atoms with Crippen molar-refractivity contribution in [3.63, 3.8) is 0 Å². The second-order valence-corrected chi connectivity index (χ2v) is 6.09. The van der Waals surface area contributed by atoms with Gasteiger partial charge >= 0.3 is 6.18 Å². The Bertz CT molecular complexity index is 330. The van der Waals surface area contributed by atoms with E-state index < -0.39 is 17.5 Å². The molecule has 1 aliphatic heterocycles. The number of hydrogen-bond acceptors (Lipinski definition) is 2. The van der Waals surface area contributed by atoms with Crippen molar-refractivity contribution in [2.24, 2.45) is 17.1 Å². The van der Waals surface area contributed by atoms with Crippen molar-refractivity contribution in [3.8, 4) is 0 Å². The predicted molar refractivity (Wildman–Crippen MR) is 76.7 cm³/mol. The highest BCUT2D eigenvalue weighted by molar-refractivity contribution is 5.83. The van der Waals surface area contributed by atoms with Crippen LogP contribution in [0.5, 0.6) is 0 Å². The van der Waals surface area contributed by atoms with Crippen LogP contribution >= 0.6 is 0 Å². The van der Waals surface area contributed by atoms with E-state index in [2.05, 4.69) is 0 Å². The molecule has 0 aromatic rings. The third kappa shape index (κ3) is 4.34. The maximum Gasteiger partial charge on any atom is 0.391 e. The van der Waals surface area contributed by atoms with Gasteiger partial charge in [0.1, 0.15) is 0 Å². The standard InChI is InChI=1S/C15H27F3N2O/c1-3-7-14(11-19,8-4-2)13(21)20-9-5-12(6-10-20)15(16,17)18/h12H,3-11,19H2,1-2H3. The number of piperidine rings is 1. The number of halogens is 3. The molecule has 6 heteroatoms. The van der Waals surface area contributed by atoms with Crippen LogP contribution in [0.3, 0.4) is 0 Å². The number of carbonyl (C=O) groups excluding carboxylic acids is 1. The van der Waals surface area contributed by atoms with Gasteiger partial charge in [-0.05, 0) is 25.7 Å². The number of carbonyl (C=O) groups is 1. The summed E-state index contributed by atoms with van der Waals surface area (Å²) >= 11 is 0. The molecule has 3 nitrogen and oxygen atoms in total. The minimum atomic E-state index is -4.15. The van der Waals surface area contributed by atoms with E-state index in [9.17, 15) is 18.0 Å². The zero-order valence-electron chi connectivity index (χ0n) is 13.0. The van der Waals surface area contributed by atoms with Crippen LogP contribution in [0.1, 0.15) is 52.4 Å². The summed E-state index contributed by atoms with van der Waals surface area (Å²) < 4.78 is 38.1. The molecule has 1 aliphatic rings. The summed E-state index contributed by atoms with van der Waals surface area (Å²) in [6.07, 6.45) is -1.02. The van der Waals surface area contributed by atoms with Gasteiger partial charge in [0.25, 0.3) is 0 Å². The fourth-order valence-corrected chi connectivity index (χ4v) is 3.33. The molecule has 2 N–H and O–H groups in total. The number of nitrogens with zero attached hydrogens (tertiary/aromatic N) is 1. The number of rotatable bonds is 6. The first kappa shape index (κ1) is 18.3. The van der Waals surface area contributed by atoms with Gasteiger partial charge in [0, 0.05) is 19.6 Å². The van der Waals surface area contributed by atoms with Crippen LogP contribution in [0, 0.1) is 11.3 Å². The Hall–Kier alpha value is -0.780. The number of likely N-dealkylation sites (tertiary alicyclic amines) is 1. The van der Waals surface area contributed by atoms with Crippen molar-refractivity contribution < 1.29 is 18.0 Å². The lowest BCUT2D eigenvalue weighted by molar-refractivity contribution is -0.187. The molecule has 124 valence electrons. The van der Waals surface area contributed by atoms with E-state index in [4.69, 9.17) is 5.73 Å². The molecule has 1 heterocycles. The lowest BCUT2D eigenvalue weighted by atomic mass is 9.77. The van der Waals surface area contributed by atoms with Gasteiger partial charge in [0.2, 0.25) is 5.91 Å². The normalized spacial score (nSPS) is 18.1. The summed E-state index contributed by atoms with van der Waals surface area (Å²) in [7, 11) is 0. The highest BCUT2D eigenvalue weighted by Gasteiger charge is 2.44. The van der Waals surface area contributed by atoms with Gasteiger partial charge in [0.15, 0.2) is 0 Å². The average molecular weight is 308 g/mol. The second-order valence-electron chi connectivity index (χ2n) is 6.09. The SMILES string of the molecule is CCCC(CN)(CCC)C(=O)N1CCC(C(F)(F)F)CC1. The van der Waals surface area contributed by atoms with Crippen LogP contribution in [-0.2, 0) is 4.79 Å². The zero-order valence-corrected chi connectivity index (χ0v) is 13.0. The molecule has 1 rings (SSSR count). The highest BCUT2D eigenvalue weighted by Crippen LogP contribution is 2.37. The number of alkyl halides is 3. The molecule has 0 radical (unpaired) electrons. The number of nitrogens with two attached hydrogens (primary N) is 1. The lowest BCUT2D eigenvalue weighted by Gasteiger charge is -2.40. The Morgan fingerprint density at radius 1 is 1.14 bits per heavy atom. The number of hydrogen-bond donors (Lipinski definition) is 1. The van der Waals surface area contributed by atoms with Crippen molar-refractivity contribution in [1.29, 1.82) is 0 Å². The average Bonchev–Trinajstić information content (AvgIpc) is 2.45. The van der Waals surface area contributed by atoms with Crippen molar-refractivity contribution in [2.75, 3.05) is 19.6 Å². The minimum Gasteiger partial charge on any atom is -0.342 e. The lowest BCUT2D eigenvalue weighted by Crippen LogP contribution is -2.51. The van der Waals surface area contributed by atoms with Gasteiger partial charge in [-0.25, -0.2) is 0 Å². The monoisotopic (exact) mass is 308 g/mol. The Labute approximate surface area is 125 Å². The molecule has 1 saturated heterocycles. The van der Waals surface area contributed by atoms with Crippen LogP contribution < -0.4 is 5.73 Å². The molecular weight excluding hydrogens is 281 g/mol. The van der Waals surface area contributed by atoms with Gasteiger partial charge in [-0.3, -0.25) is 4.79 Å². The predicted octanol–water partition coefficient (Wildman–Crippen LogP) is 3.33. The van der Waals surface area contributed by atoms with E-state index >= 15 is 0 Å². The molecule has 0 atom stereocenters. The quantitative estimate of drug-likeness (QED) is 0.818. The van der Waals surface area contributed by atoms with Crippen molar-refractivity contribution >= 4 is 5.91 Å². The Kier molecular flexibility index (Phi) is 6.50. The molecule has 0 bridgehead atoms. The zero-order chi connectivity index (χ0) is 16.1. The molecule has 1 amide bonds.